The molecule has 0 aliphatic heterocycles. The van der Waals surface area contributed by atoms with Crippen LogP contribution in [-0.4, -0.2) is 11.2 Å². The first-order chi connectivity index (χ1) is 4.86. The number of halogens is 1. The molecule has 62 valence electrons. The van der Waals surface area contributed by atoms with E-state index in [4.69, 9.17) is 5.84 Å². The van der Waals surface area contributed by atoms with Crippen molar-refractivity contribution in [1.29, 1.82) is 0 Å². The molecule has 1 aromatic heterocycles. The minimum Gasteiger partial charge on any atom is -0.308 e. The van der Waals surface area contributed by atoms with Crippen LogP contribution in [0.15, 0.2) is 23.2 Å². The first kappa shape index (κ1) is 10.6. The van der Waals surface area contributed by atoms with Gasteiger partial charge in [0.05, 0.1) is 0 Å². The summed E-state index contributed by atoms with van der Waals surface area (Å²) < 4.78 is 0. The van der Waals surface area contributed by atoms with E-state index in [9.17, 15) is 0 Å². The van der Waals surface area contributed by atoms with E-state index in [1.807, 2.05) is 18.4 Å². The van der Waals surface area contributed by atoms with E-state index in [0.717, 1.165) is 4.90 Å². The fourth-order valence-electron chi connectivity index (χ4n) is 0.617. The largest absolute Gasteiger partial charge is 0.308 e. The Balaban J connectivity index is 0.000001000. The van der Waals surface area contributed by atoms with Crippen molar-refractivity contribution in [2.75, 3.05) is 11.7 Å². The highest BCUT2D eigenvalue weighted by Crippen LogP contribution is 2.15. The summed E-state index contributed by atoms with van der Waals surface area (Å²) in [5, 5.41) is 0. The molecular formula is C6H10ClN3S. The van der Waals surface area contributed by atoms with Crippen LogP contribution in [0.2, 0.25) is 0 Å². The van der Waals surface area contributed by atoms with Gasteiger partial charge in [0.15, 0.2) is 0 Å². The maximum atomic E-state index is 5.15. The van der Waals surface area contributed by atoms with Crippen molar-refractivity contribution in [1.82, 2.24) is 4.98 Å². The summed E-state index contributed by atoms with van der Waals surface area (Å²) in [5.74, 6) is 5.85. The Hall–Kier alpha value is -0.450. The number of hydrogen-bond donors (Lipinski definition) is 2. The summed E-state index contributed by atoms with van der Waals surface area (Å²) >= 11 is 1.66. The third kappa shape index (κ3) is 2.96. The highest BCUT2D eigenvalue weighted by molar-refractivity contribution is 7.98. The van der Waals surface area contributed by atoms with Gasteiger partial charge in [-0.05, 0) is 18.4 Å². The van der Waals surface area contributed by atoms with Gasteiger partial charge in [0.2, 0.25) is 0 Å². The Morgan fingerprint density at radius 3 is 2.91 bits per heavy atom. The molecule has 1 rings (SSSR count). The number of thioether (sulfide) groups is 1. The maximum absolute atomic E-state index is 5.15. The molecule has 1 heterocycles. The second-order valence-electron chi connectivity index (χ2n) is 1.73. The van der Waals surface area contributed by atoms with E-state index in [0.29, 0.717) is 5.82 Å². The molecular weight excluding hydrogens is 182 g/mol. The lowest BCUT2D eigenvalue weighted by molar-refractivity contribution is 1.19. The average Bonchev–Trinajstić information content (AvgIpc) is 2.05. The summed E-state index contributed by atoms with van der Waals surface area (Å²) in [6.45, 7) is 0. The summed E-state index contributed by atoms with van der Waals surface area (Å²) in [5.41, 5.74) is 2.48. The summed E-state index contributed by atoms with van der Waals surface area (Å²) in [7, 11) is 0. The van der Waals surface area contributed by atoms with Gasteiger partial charge in [-0.3, -0.25) is 0 Å². The molecule has 0 atom stereocenters. The predicted octanol–water partition coefficient (Wildman–Crippen LogP) is 1.51. The number of rotatable bonds is 2. The van der Waals surface area contributed by atoms with E-state index in [1.54, 1.807) is 18.0 Å². The quantitative estimate of drug-likeness (QED) is 0.423. The first-order valence-electron chi connectivity index (χ1n) is 2.83. The second-order valence-corrected chi connectivity index (χ2v) is 2.60. The van der Waals surface area contributed by atoms with Gasteiger partial charge in [-0.15, -0.1) is 24.2 Å². The highest BCUT2D eigenvalue weighted by Gasteiger charge is 1.91. The van der Waals surface area contributed by atoms with Crippen LogP contribution in [0.25, 0.3) is 0 Å². The van der Waals surface area contributed by atoms with E-state index >= 15 is 0 Å². The molecule has 0 unspecified atom stereocenters. The smallest absolute Gasteiger partial charge is 0.140 e. The molecule has 3 N–H and O–H groups in total. The molecule has 0 aliphatic rings. The molecule has 0 aromatic carbocycles. The number of aromatic nitrogens is 1. The Morgan fingerprint density at radius 1 is 1.64 bits per heavy atom. The van der Waals surface area contributed by atoms with Crippen LogP contribution in [0, 0.1) is 0 Å². The zero-order valence-corrected chi connectivity index (χ0v) is 7.71. The van der Waals surface area contributed by atoms with Crippen molar-refractivity contribution in [2.45, 2.75) is 4.90 Å². The zero-order chi connectivity index (χ0) is 7.40. The standard InChI is InChI=1S/C6H9N3S.ClH/c1-10-5-2-3-8-6(4-5)9-7;/h2-4H,7H2,1H3,(H,8,9);1H. The van der Waals surface area contributed by atoms with Crippen molar-refractivity contribution >= 4 is 30.0 Å². The van der Waals surface area contributed by atoms with Gasteiger partial charge < -0.3 is 5.43 Å². The third-order valence-electron chi connectivity index (χ3n) is 1.11. The van der Waals surface area contributed by atoms with Crippen LogP contribution < -0.4 is 11.3 Å². The molecule has 0 fully saturated rings. The number of nitrogens with two attached hydrogens (primary N) is 1. The van der Waals surface area contributed by atoms with Crippen molar-refractivity contribution in [3.63, 3.8) is 0 Å². The lowest BCUT2D eigenvalue weighted by atomic mass is 10.5. The van der Waals surface area contributed by atoms with Crippen LogP contribution in [0.5, 0.6) is 0 Å². The lowest BCUT2D eigenvalue weighted by Crippen LogP contribution is -2.07. The first-order valence-corrected chi connectivity index (χ1v) is 4.06. The molecule has 0 aliphatic carbocycles. The molecule has 11 heavy (non-hydrogen) atoms. The summed E-state index contributed by atoms with van der Waals surface area (Å²) in [4.78, 5) is 5.11. The molecule has 3 nitrogen and oxygen atoms in total. The number of nitrogens with one attached hydrogen (secondary N) is 1. The van der Waals surface area contributed by atoms with E-state index < -0.39 is 0 Å². The number of hydrogen-bond acceptors (Lipinski definition) is 4. The number of nitrogens with zero attached hydrogens (tertiary/aromatic N) is 1. The van der Waals surface area contributed by atoms with Gasteiger partial charge >= 0.3 is 0 Å². The van der Waals surface area contributed by atoms with Crippen LogP contribution in [-0.2, 0) is 0 Å². The number of anilines is 1. The predicted molar refractivity (Wildman–Crippen MR) is 51.1 cm³/mol. The molecule has 0 amide bonds. The molecule has 0 bridgehead atoms. The highest BCUT2D eigenvalue weighted by atomic mass is 35.5. The van der Waals surface area contributed by atoms with E-state index in [-0.39, 0.29) is 12.4 Å². The van der Waals surface area contributed by atoms with Gasteiger partial charge in [0.25, 0.3) is 0 Å². The van der Waals surface area contributed by atoms with Gasteiger partial charge in [-0.1, -0.05) is 0 Å². The molecule has 0 spiro atoms. The fourth-order valence-corrected chi connectivity index (χ4v) is 1.04. The lowest BCUT2D eigenvalue weighted by Gasteiger charge is -1.98. The SMILES string of the molecule is CSc1ccnc(NN)c1.Cl. The second kappa shape index (κ2) is 5.23. The van der Waals surface area contributed by atoms with E-state index in [1.165, 1.54) is 0 Å². The number of pyridine rings is 1. The van der Waals surface area contributed by atoms with Gasteiger partial charge in [0, 0.05) is 11.1 Å². The van der Waals surface area contributed by atoms with E-state index in [2.05, 4.69) is 10.4 Å². The fraction of sp³-hybridized carbons (Fsp3) is 0.167. The topological polar surface area (TPSA) is 50.9 Å². The zero-order valence-electron chi connectivity index (χ0n) is 6.07. The Kier molecular flexibility index (Phi) is 5.02. The number of nitrogen functional groups attached to an aromatic ring is 1. The minimum atomic E-state index is 0. The van der Waals surface area contributed by atoms with Gasteiger partial charge in [-0.25, -0.2) is 10.8 Å². The Morgan fingerprint density at radius 2 is 2.36 bits per heavy atom. The van der Waals surface area contributed by atoms with Crippen molar-refractivity contribution in [3.8, 4) is 0 Å². The van der Waals surface area contributed by atoms with Crippen molar-refractivity contribution in [3.05, 3.63) is 18.3 Å². The molecule has 0 radical (unpaired) electrons. The minimum absolute atomic E-state index is 0. The normalized spacial score (nSPS) is 8.55. The monoisotopic (exact) mass is 191 g/mol. The van der Waals surface area contributed by atoms with Crippen LogP contribution in [0.3, 0.4) is 0 Å². The van der Waals surface area contributed by atoms with Crippen LogP contribution in [0.4, 0.5) is 5.82 Å². The molecule has 1 aromatic rings. The average molecular weight is 192 g/mol. The molecule has 0 saturated heterocycles. The van der Waals surface area contributed by atoms with Gasteiger partial charge in [0.1, 0.15) is 5.82 Å². The van der Waals surface area contributed by atoms with Gasteiger partial charge in [-0.2, -0.15) is 0 Å². The van der Waals surface area contributed by atoms with Crippen molar-refractivity contribution < 1.29 is 0 Å². The van der Waals surface area contributed by atoms with Crippen LogP contribution in [0.1, 0.15) is 0 Å². The molecule has 5 heteroatoms. The Bertz CT molecular complexity index is 199. The number of hydrazine groups is 1. The third-order valence-corrected chi connectivity index (χ3v) is 1.84. The molecule has 0 saturated carbocycles. The summed E-state index contributed by atoms with van der Waals surface area (Å²) in [6, 6.07) is 3.83. The van der Waals surface area contributed by atoms with Crippen molar-refractivity contribution in [2.24, 2.45) is 5.84 Å². The Labute approximate surface area is 76.2 Å². The van der Waals surface area contributed by atoms with Crippen LogP contribution >= 0.6 is 24.2 Å². The summed E-state index contributed by atoms with van der Waals surface area (Å²) in [6.07, 6.45) is 3.73. The maximum Gasteiger partial charge on any atom is 0.140 e.